The first kappa shape index (κ1) is 31.6. The molecule has 1 saturated heterocycles. The number of nitriles is 1. The Bertz CT molecular complexity index is 1940. The number of nitrogens with zero attached hydrogens (tertiary/aromatic N) is 7. The highest BCUT2D eigenvalue weighted by Gasteiger charge is 2.24. The van der Waals surface area contributed by atoms with Crippen molar-refractivity contribution < 1.29 is 28.2 Å². The molecule has 0 bridgehead atoms. The molecule has 11 nitrogen and oxygen atoms in total. The Balaban J connectivity index is 1.11. The van der Waals surface area contributed by atoms with Crippen LogP contribution in [0.3, 0.4) is 0 Å². The average molecular weight is 642 g/mol. The molecule has 1 N–H and O–H groups in total. The smallest absolute Gasteiger partial charge is 0.307 e. The van der Waals surface area contributed by atoms with Gasteiger partial charge in [0.25, 0.3) is 0 Å². The van der Waals surface area contributed by atoms with Crippen molar-refractivity contribution in [1.29, 1.82) is 5.26 Å². The van der Waals surface area contributed by atoms with Crippen molar-refractivity contribution in [3.05, 3.63) is 101 Å². The maximum Gasteiger partial charge on any atom is 0.307 e. The monoisotopic (exact) mass is 641 g/mol. The summed E-state index contributed by atoms with van der Waals surface area (Å²) in [7, 11) is 0. The van der Waals surface area contributed by atoms with Gasteiger partial charge in [-0.3, -0.25) is 9.69 Å². The Hall–Kier alpha value is -5.35. The van der Waals surface area contributed by atoms with E-state index in [-0.39, 0.29) is 42.0 Å². The standard InChI is InChI=1S/C34H33F2N7O4/c1-2-42-21-38-17-24(42)18-43-30-14-22(15-34(44)45)3-6-28(30)39-32(43)19-41-11-9-25(10-12-41)47-33-8-5-26(35)29(40-33)20-46-31-7-4-23(16-37)13-27(31)36/h3-8,13-14,17,21,25H,2,9-12,15,18-20H2,1H3,(H,44,45). The van der Waals surface area contributed by atoms with Crippen LogP contribution in [0.1, 0.15) is 48.1 Å². The van der Waals surface area contributed by atoms with Crippen LogP contribution in [0.4, 0.5) is 8.78 Å². The molecule has 6 rings (SSSR count). The maximum atomic E-state index is 14.5. The summed E-state index contributed by atoms with van der Waals surface area (Å²) >= 11 is 0. The predicted octanol–water partition coefficient (Wildman–Crippen LogP) is 5.10. The van der Waals surface area contributed by atoms with E-state index in [0.29, 0.717) is 31.5 Å². The third-order valence-electron chi connectivity index (χ3n) is 8.21. The van der Waals surface area contributed by atoms with Crippen LogP contribution >= 0.6 is 0 Å². The second kappa shape index (κ2) is 14.0. The van der Waals surface area contributed by atoms with Crippen LogP contribution in [0.5, 0.6) is 11.6 Å². The van der Waals surface area contributed by atoms with Gasteiger partial charge in [0.15, 0.2) is 11.6 Å². The van der Waals surface area contributed by atoms with Crippen LogP contribution in [0.15, 0.2) is 61.1 Å². The highest BCUT2D eigenvalue weighted by atomic mass is 19.1. The second-order valence-electron chi connectivity index (χ2n) is 11.4. The molecule has 0 spiro atoms. The number of aromatic nitrogens is 5. The molecule has 13 heteroatoms. The summed E-state index contributed by atoms with van der Waals surface area (Å²) < 4.78 is 44.5. The minimum atomic E-state index is -0.885. The first-order valence-corrected chi connectivity index (χ1v) is 15.3. The number of carboxylic acid groups (broad SMARTS) is 1. The molecule has 0 radical (unpaired) electrons. The van der Waals surface area contributed by atoms with E-state index in [0.717, 1.165) is 48.3 Å². The fourth-order valence-corrected chi connectivity index (χ4v) is 5.75. The van der Waals surface area contributed by atoms with E-state index in [1.165, 1.54) is 24.3 Å². The fourth-order valence-electron chi connectivity index (χ4n) is 5.75. The van der Waals surface area contributed by atoms with Crippen molar-refractivity contribution in [2.75, 3.05) is 13.1 Å². The van der Waals surface area contributed by atoms with Gasteiger partial charge in [0, 0.05) is 31.9 Å². The van der Waals surface area contributed by atoms with E-state index in [1.54, 1.807) is 6.33 Å². The van der Waals surface area contributed by atoms with E-state index >= 15 is 0 Å². The second-order valence-corrected chi connectivity index (χ2v) is 11.4. The Morgan fingerprint density at radius 3 is 2.64 bits per heavy atom. The van der Waals surface area contributed by atoms with Crippen LogP contribution in [0.2, 0.25) is 0 Å². The lowest BCUT2D eigenvalue weighted by atomic mass is 10.1. The van der Waals surface area contributed by atoms with Gasteiger partial charge in [0.2, 0.25) is 5.88 Å². The third kappa shape index (κ3) is 7.39. The third-order valence-corrected chi connectivity index (χ3v) is 8.21. The van der Waals surface area contributed by atoms with Gasteiger partial charge in [-0.25, -0.2) is 23.7 Å². The predicted molar refractivity (Wildman–Crippen MR) is 167 cm³/mol. The number of imidazole rings is 2. The SMILES string of the molecule is CCn1cncc1Cn1c(CN2CCC(Oc3ccc(F)c(COc4ccc(C#N)cc4F)n3)CC2)nc2ccc(CC(=O)O)cc21. The van der Waals surface area contributed by atoms with Gasteiger partial charge in [0.1, 0.15) is 30.0 Å². The largest absolute Gasteiger partial charge is 0.484 e. The van der Waals surface area contributed by atoms with Gasteiger partial charge >= 0.3 is 5.97 Å². The lowest BCUT2D eigenvalue weighted by Gasteiger charge is -2.31. The summed E-state index contributed by atoms with van der Waals surface area (Å²) in [6.07, 6.45) is 4.88. The summed E-state index contributed by atoms with van der Waals surface area (Å²) in [4.78, 5) is 27.2. The molecule has 242 valence electrons. The maximum absolute atomic E-state index is 14.5. The molecule has 0 saturated carbocycles. The number of rotatable bonds is 12. The summed E-state index contributed by atoms with van der Waals surface area (Å²) in [6, 6.07) is 14.0. The average Bonchev–Trinajstić information content (AvgIpc) is 3.66. The molecule has 0 unspecified atom stereocenters. The molecule has 0 atom stereocenters. The Labute approximate surface area is 269 Å². The number of aryl methyl sites for hydroxylation is 1. The van der Waals surface area contributed by atoms with Crippen molar-refractivity contribution in [2.24, 2.45) is 0 Å². The first-order valence-electron chi connectivity index (χ1n) is 15.3. The van der Waals surface area contributed by atoms with Gasteiger partial charge in [-0.15, -0.1) is 0 Å². The number of likely N-dealkylation sites (tertiary alicyclic amines) is 1. The molecule has 0 aliphatic carbocycles. The van der Waals surface area contributed by atoms with Crippen molar-refractivity contribution in [2.45, 2.75) is 58.5 Å². The highest BCUT2D eigenvalue weighted by molar-refractivity contribution is 5.79. The quantitative estimate of drug-likeness (QED) is 0.198. The molecule has 0 amide bonds. The minimum absolute atomic E-state index is 0.0153. The van der Waals surface area contributed by atoms with E-state index in [2.05, 4.69) is 30.9 Å². The van der Waals surface area contributed by atoms with Crippen molar-refractivity contribution >= 4 is 17.0 Å². The number of hydrogen-bond acceptors (Lipinski definition) is 8. The first-order chi connectivity index (χ1) is 22.8. The zero-order chi connectivity index (χ0) is 32.9. The number of hydrogen-bond donors (Lipinski definition) is 1. The van der Waals surface area contributed by atoms with Crippen LogP contribution in [-0.2, 0) is 37.5 Å². The molecule has 4 heterocycles. The lowest BCUT2D eigenvalue weighted by Crippen LogP contribution is -2.38. The van der Waals surface area contributed by atoms with Gasteiger partial charge in [-0.2, -0.15) is 5.26 Å². The molecule has 47 heavy (non-hydrogen) atoms. The number of aliphatic carboxylic acids is 1. The molecule has 1 aliphatic heterocycles. The molecular formula is C34H33F2N7O4. The van der Waals surface area contributed by atoms with Gasteiger partial charge in [0.05, 0.1) is 54.2 Å². The van der Waals surface area contributed by atoms with Crippen LogP contribution in [-0.4, -0.2) is 59.3 Å². The zero-order valence-corrected chi connectivity index (χ0v) is 25.8. The summed E-state index contributed by atoms with van der Waals surface area (Å²) in [5, 5.41) is 18.3. The molecule has 5 aromatic rings. The van der Waals surface area contributed by atoms with E-state index in [1.807, 2.05) is 30.5 Å². The van der Waals surface area contributed by atoms with Gasteiger partial charge in [-0.05, 0) is 61.7 Å². The number of benzene rings is 2. The van der Waals surface area contributed by atoms with E-state index < -0.39 is 17.6 Å². The van der Waals surface area contributed by atoms with Gasteiger partial charge < -0.3 is 23.7 Å². The molecule has 1 aliphatic rings. The number of pyridine rings is 1. The summed E-state index contributed by atoms with van der Waals surface area (Å²) in [6.45, 7) is 5.16. The van der Waals surface area contributed by atoms with Crippen LogP contribution in [0, 0.1) is 23.0 Å². The molecule has 3 aromatic heterocycles. The van der Waals surface area contributed by atoms with Crippen molar-refractivity contribution in [3.8, 4) is 17.7 Å². The zero-order valence-electron chi connectivity index (χ0n) is 25.8. The normalized spacial score (nSPS) is 13.9. The van der Waals surface area contributed by atoms with Crippen LogP contribution < -0.4 is 9.47 Å². The summed E-state index contributed by atoms with van der Waals surface area (Å²) in [5.41, 5.74) is 3.57. The fraction of sp³-hybridized carbons (Fsp3) is 0.324. The minimum Gasteiger partial charge on any atom is -0.484 e. The summed E-state index contributed by atoms with van der Waals surface area (Å²) in [5.74, 6) is -1.16. The van der Waals surface area contributed by atoms with Crippen LogP contribution in [0.25, 0.3) is 11.0 Å². The van der Waals surface area contributed by atoms with Gasteiger partial charge in [-0.1, -0.05) is 6.07 Å². The number of piperidine rings is 1. The van der Waals surface area contributed by atoms with E-state index in [4.69, 9.17) is 19.7 Å². The molecular weight excluding hydrogens is 608 g/mol. The van der Waals surface area contributed by atoms with Crippen molar-refractivity contribution in [3.63, 3.8) is 0 Å². The number of halogens is 2. The Morgan fingerprint density at radius 2 is 1.89 bits per heavy atom. The molecule has 2 aromatic carbocycles. The topological polar surface area (TPSA) is 131 Å². The number of fused-ring (bicyclic) bond motifs is 1. The molecule has 1 fully saturated rings. The highest BCUT2D eigenvalue weighted by Crippen LogP contribution is 2.25. The van der Waals surface area contributed by atoms with E-state index in [9.17, 15) is 18.7 Å². The Morgan fingerprint density at radius 1 is 1.06 bits per heavy atom. The van der Waals surface area contributed by atoms with Crippen molar-refractivity contribution in [1.82, 2.24) is 29.0 Å². The number of carbonyl (C=O) groups is 1. The Kier molecular flexibility index (Phi) is 9.40. The lowest BCUT2D eigenvalue weighted by molar-refractivity contribution is -0.136. The number of ether oxygens (including phenoxy) is 2. The number of carboxylic acids is 1.